The Morgan fingerprint density at radius 1 is 1.08 bits per heavy atom. The molecule has 0 fully saturated rings. The molecule has 2 aromatic carbocycles. The van der Waals surface area contributed by atoms with Crippen molar-refractivity contribution >= 4 is 5.69 Å². The van der Waals surface area contributed by atoms with Crippen molar-refractivity contribution in [1.82, 2.24) is 0 Å². The highest BCUT2D eigenvalue weighted by Gasteiger charge is 2.16. The van der Waals surface area contributed by atoms with E-state index >= 15 is 0 Å². The van der Waals surface area contributed by atoms with Crippen molar-refractivity contribution in [3.8, 4) is 5.75 Å². The first-order valence-corrected chi connectivity index (χ1v) is 9.92. The summed E-state index contributed by atoms with van der Waals surface area (Å²) in [4.78, 5) is 2.46. The summed E-state index contributed by atoms with van der Waals surface area (Å²) in [6.45, 7) is 7.86. The lowest BCUT2D eigenvalue weighted by atomic mass is 10.0. The first-order valence-electron chi connectivity index (χ1n) is 9.92. The van der Waals surface area contributed by atoms with E-state index in [9.17, 15) is 0 Å². The van der Waals surface area contributed by atoms with Gasteiger partial charge in [0, 0.05) is 13.2 Å². The fraction of sp³-hybridized carbons (Fsp3) is 0.478. The van der Waals surface area contributed by atoms with Crippen LogP contribution in [0.1, 0.15) is 37.8 Å². The standard InChI is InChI=1S/C23H31NO2/c1-3-25-19(2)17-21-11-8-10-20(18-21)9-6-7-14-24-15-16-26-23-13-5-4-12-22(23)24/h4-5,8,10-13,18-19H,3,6-7,9,14-17H2,1-2H3. The summed E-state index contributed by atoms with van der Waals surface area (Å²) in [5.74, 6) is 1.02. The summed E-state index contributed by atoms with van der Waals surface area (Å²) in [5, 5.41) is 0. The van der Waals surface area contributed by atoms with Gasteiger partial charge in [0.25, 0.3) is 0 Å². The SMILES string of the molecule is CCOC(C)Cc1cccc(CCCCN2CCOc3ccccc32)c1. The van der Waals surface area contributed by atoms with Gasteiger partial charge in [0.1, 0.15) is 12.4 Å². The van der Waals surface area contributed by atoms with Crippen LogP contribution in [-0.4, -0.2) is 32.4 Å². The number of hydrogen-bond acceptors (Lipinski definition) is 3. The monoisotopic (exact) mass is 353 g/mol. The van der Waals surface area contributed by atoms with Crippen LogP contribution in [0.5, 0.6) is 5.75 Å². The molecule has 3 rings (SSSR count). The number of nitrogens with zero attached hydrogens (tertiary/aromatic N) is 1. The molecule has 0 amide bonds. The Morgan fingerprint density at radius 3 is 2.81 bits per heavy atom. The molecule has 0 radical (unpaired) electrons. The second-order valence-corrected chi connectivity index (χ2v) is 7.05. The van der Waals surface area contributed by atoms with Gasteiger partial charge in [0.15, 0.2) is 0 Å². The number of hydrogen-bond donors (Lipinski definition) is 0. The maximum absolute atomic E-state index is 5.74. The zero-order chi connectivity index (χ0) is 18.2. The molecule has 2 aromatic rings. The molecule has 0 saturated heterocycles. The van der Waals surface area contributed by atoms with Crippen LogP contribution in [0, 0.1) is 0 Å². The van der Waals surface area contributed by atoms with Gasteiger partial charge in [-0.2, -0.15) is 0 Å². The zero-order valence-electron chi connectivity index (χ0n) is 16.1. The predicted octanol–water partition coefficient (Wildman–Crippen LogP) is 4.88. The molecule has 0 spiro atoms. The number of aryl methyl sites for hydroxylation is 1. The highest BCUT2D eigenvalue weighted by Crippen LogP contribution is 2.31. The fourth-order valence-corrected chi connectivity index (χ4v) is 3.68. The molecule has 1 atom stereocenters. The summed E-state index contributed by atoms with van der Waals surface area (Å²) in [6, 6.07) is 17.4. The average molecular weight is 354 g/mol. The van der Waals surface area contributed by atoms with Gasteiger partial charge in [-0.15, -0.1) is 0 Å². The molecular formula is C23H31NO2. The Kier molecular flexibility index (Phi) is 6.96. The van der Waals surface area contributed by atoms with Crippen molar-refractivity contribution in [3.63, 3.8) is 0 Å². The summed E-state index contributed by atoms with van der Waals surface area (Å²) in [5.41, 5.74) is 4.06. The zero-order valence-corrected chi connectivity index (χ0v) is 16.1. The molecule has 0 N–H and O–H groups in total. The van der Waals surface area contributed by atoms with E-state index in [1.54, 1.807) is 0 Å². The van der Waals surface area contributed by atoms with Crippen LogP contribution in [-0.2, 0) is 17.6 Å². The Labute approximate surface area is 157 Å². The molecule has 1 unspecified atom stereocenters. The van der Waals surface area contributed by atoms with E-state index in [1.165, 1.54) is 29.7 Å². The minimum absolute atomic E-state index is 0.289. The number of ether oxygens (including phenoxy) is 2. The molecule has 26 heavy (non-hydrogen) atoms. The Bertz CT molecular complexity index is 685. The third kappa shape index (κ3) is 5.25. The molecule has 3 heteroatoms. The highest BCUT2D eigenvalue weighted by molar-refractivity contribution is 5.59. The molecule has 0 aromatic heterocycles. The van der Waals surface area contributed by atoms with Crippen molar-refractivity contribution in [1.29, 1.82) is 0 Å². The smallest absolute Gasteiger partial charge is 0.142 e. The Balaban J connectivity index is 1.46. The van der Waals surface area contributed by atoms with Crippen molar-refractivity contribution in [3.05, 3.63) is 59.7 Å². The van der Waals surface area contributed by atoms with Crippen molar-refractivity contribution in [2.45, 2.75) is 45.6 Å². The van der Waals surface area contributed by atoms with Crippen LogP contribution in [0.25, 0.3) is 0 Å². The lowest BCUT2D eigenvalue weighted by molar-refractivity contribution is 0.0768. The van der Waals surface area contributed by atoms with Crippen LogP contribution < -0.4 is 9.64 Å². The molecule has 0 saturated carbocycles. The van der Waals surface area contributed by atoms with Crippen LogP contribution in [0.15, 0.2) is 48.5 Å². The van der Waals surface area contributed by atoms with E-state index in [4.69, 9.17) is 9.47 Å². The first-order chi connectivity index (χ1) is 12.8. The summed E-state index contributed by atoms with van der Waals surface area (Å²) >= 11 is 0. The number of benzene rings is 2. The first kappa shape index (κ1) is 18.8. The summed E-state index contributed by atoms with van der Waals surface area (Å²) in [7, 11) is 0. The average Bonchev–Trinajstić information content (AvgIpc) is 2.66. The van der Waals surface area contributed by atoms with E-state index in [0.29, 0.717) is 0 Å². The number of para-hydroxylation sites is 2. The molecular weight excluding hydrogens is 322 g/mol. The van der Waals surface area contributed by atoms with Crippen LogP contribution in [0.4, 0.5) is 5.69 Å². The van der Waals surface area contributed by atoms with Gasteiger partial charge in [-0.1, -0.05) is 36.4 Å². The van der Waals surface area contributed by atoms with E-state index in [-0.39, 0.29) is 6.10 Å². The van der Waals surface area contributed by atoms with Gasteiger partial charge in [0.05, 0.1) is 18.3 Å². The highest BCUT2D eigenvalue weighted by atomic mass is 16.5. The largest absolute Gasteiger partial charge is 0.490 e. The fourth-order valence-electron chi connectivity index (χ4n) is 3.68. The minimum Gasteiger partial charge on any atom is -0.490 e. The molecule has 0 bridgehead atoms. The molecule has 1 aliphatic rings. The molecule has 1 heterocycles. The normalized spacial score (nSPS) is 14.6. The van der Waals surface area contributed by atoms with Crippen LogP contribution in [0.2, 0.25) is 0 Å². The second kappa shape index (κ2) is 9.63. The summed E-state index contributed by atoms with van der Waals surface area (Å²) in [6.07, 6.45) is 4.84. The van der Waals surface area contributed by atoms with Gasteiger partial charge in [-0.25, -0.2) is 0 Å². The number of rotatable bonds is 9. The minimum atomic E-state index is 0.289. The topological polar surface area (TPSA) is 21.7 Å². The Hall–Kier alpha value is -2.00. The number of unbranched alkanes of at least 4 members (excludes halogenated alkanes) is 1. The third-order valence-corrected chi connectivity index (χ3v) is 4.93. The van der Waals surface area contributed by atoms with E-state index in [2.05, 4.69) is 61.2 Å². The van der Waals surface area contributed by atoms with E-state index in [0.717, 1.165) is 44.9 Å². The van der Waals surface area contributed by atoms with Crippen LogP contribution in [0.3, 0.4) is 0 Å². The van der Waals surface area contributed by atoms with E-state index in [1.807, 2.05) is 6.07 Å². The number of anilines is 1. The maximum Gasteiger partial charge on any atom is 0.142 e. The maximum atomic E-state index is 5.74. The quantitative estimate of drug-likeness (QED) is 0.600. The number of fused-ring (bicyclic) bond motifs is 1. The lowest BCUT2D eigenvalue weighted by Crippen LogP contribution is -2.33. The van der Waals surface area contributed by atoms with Crippen LogP contribution >= 0.6 is 0 Å². The second-order valence-electron chi connectivity index (χ2n) is 7.05. The van der Waals surface area contributed by atoms with Gasteiger partial charge in [0.2, 0.25) is 0 Å². The van der Waals surface area contributed by atoms with Gasteiger partial charge < -0.3 is 14.4 Å². The van der Waals surface area contributed by atoms with Gasteiger partial charge in [-0.3, -0.25) is 0 Å². The third-order valence-electron chi connectivity index (χ3n) is 4.93. The molecule has 140 valence electrons. The van der Waals surface area contributed by atoms with Gasteiger partial charge in [-0.05, 0) is 62.8 Å². The predicted molar refractivity (Wildman–Crippen MR) is 108 cm³/mol. The molecule has 3 nitrogen and oxygen atoms in total. The van der Waals surface area contributed by atoms with Crippen molar-refractivity contribution < 1.29 is 9.47 Å². The molecule has 1 aliphatic heterocycles. The summed E-state index contributed by atoms with van der Waals surface area (Å²) < 4.78 is 11.4. The van der Waals surface area contributed by atoms with E-state index < -0.39 is 0 Å². The lowest BCUT2D eigenvalue weighted by Gasteiger charge is -2.31. The van der Waals surface area contributed by atoms with Crippen molar-refractivity contribution in [2.24, 2.45) is 0 Å². The Morgan fingerprint density at radius 2 is 1.92 bits per heavy atom. The molecule has 0 aliphatic carbocycles. The van der Waals surface area contributed by atoms with Gasteiger partial charge >= 0.3 is 0 Å². The van der Waals surface area contributed by atoms with Crippen molar-refractivity contribution in [2.75, 3.05) is 31.2 Å².